The average molecular weight is 940 g/mol. The molecule has 0 unspecified atom stereocenters. The topological polar surface area (TPSA) is 200 Å². The van der Waals surface area contributed by atoms with Crippen molar-refractivity contribution >= 4 is 58.6 Å². The molecule has 16 nitrogen and oxygen atoms in total. The summed E-state index contributed by atoms with van der Waals surface area (Å²) in [4.78, 5) is 68.3. The van der Waals surface area contributed by atoms with Crippen molar-refractivity contribution in [3.05, 3.63) is 96.8 Å². The van der Waals surface area contributed by atoms with Gasteiger partial charge in [-0.1, -0.05) is 100 Å². The number of H-pyrrole nitrogens is 1. The van der Waals surface area contributed by atoms with Gasteiger partial charge in [0.05, 0.1) is 43.9 Å². The Morgan fingerprint density at radius 3 is 1.76 bits per heavy atom. The standard InChI is InChI=1S/C25H31N5O2.C23H26N6O.CH3F.ClH.H4N2/c1-5-20-25(32)29(4)21-15-26-23(27-24(21)30(20)18-13-9-10-14-18)19(16-28(2)3)22(31)17-11-7-6-8-12-17;1-3-18-23(30)28(2)19-14-24-21(26-22(19)29(18)16-11-7-8-12-16)17-13-25-27-20(17)15-9-5-4-6-10-15;1-2;;1-2/h6-8,11-12,15-16,18,20H,5,9-10,13-14H2,1-4H3;4-6,9-10,13-14,16,18H,3,7-8,11-12H2,1-2H3,(H,25,27);1H3;1H;1-2H2/b19-16+;;;;/t20-;18-;;;/m11.../s1/i;;1D;;. The van der Waals surface area contributed by atoms with E-state index < -0.39 is 7.15 Å². The zero-order valence-electron chi connectivity index (χ0n) is 40.3. The fraction of sp³-hybridized carbons (Fsp3) is 0.429. The number of rotatable bonds is 10. The maximum atomic E-state index is 13.4. The number of aromatic amines is 1. The number of aromatic nitrogens is 6. The summed E-state index contributed by atoms with van der Waals surface area (Å²) in [5.41, 5.74) is 5.31. The molecular formula is C49H65ClFN13O3. The highest BCUT2D eigenvalue weighted by Crippen LogP contribution is 2.42. The molecule has 358 valence electrons. The first-order chi connectivity index (χ1) is 32.5. The Labute approximate surface area is 400 Å². The minimum Gasteiger partial charge on any atom is -0.383 e. The molecule has 18 heteroatoms. The summed E-state index contributed by atoms with van der Waals surface area (Å²) in [6.45, 7) is 4.12. The zero-order chi connectivity index (χ0) is 48.2. The Kier molecular flexibility index (Phi) is 17.9. The molecule has 2 aromatic carbocycles. The molecule has 5 heterocycles. The van der Waals surface area contributed by atoms with Gasteiger partial charge >= 0.3 is 0 Å². The molecule has 2 atom stereocenters. The third kappa shape index (κ3) is 10.8. The number of nitrogens with zero attached hydrogens (tertiary/aromatic N) is 10. The van der Waals surface area contributed by atoms with Gasteiger partial charge in [0.1, 0.15) is 23.5 Å². The Bertz CT molecular complexity index is 2470. The summed E-state index contributed by atoms with van der Waals surface area (Å²) in [5, 5.41) is 7.35. The van der Waals surface area contributed by atoms with Crippen molar-refractivity contribution in [2.45, 2.75) is 102 Å². The number of nitrogens with two attached hydrogens (primary N) is 2. The van der Waals surface area contributed by atoms with E-state index in [-0.39, 0.29) is 48.1 Å². The Morgan fingerprint density at radius 1 is 0.791 bits per heavy atom. The predicted octanol–water partition coefficient (Wildman–Crippen LogP) is 7.63. The minimum absolute atomic E-state index is 0. The van der Waals surface area contributed by atoms with Gasteiger partial charge in [-0.05, 0) is 38.5 Å². The third-order valence-electron chi connectivity index (χ3n) is 12.7. The number of Topliss-reactive ketones (excluding diaryl/α,β-unsaturated/α-hetero) is 1. The van der Waals surface area contributed by atoms with E-state index in [9.17, 15) is 18.8 Å². The number of alkyl halides is 1. The number of nitrogens with one attached hydrogen (secondary N) is 1. The van der Waals surface area contributed by atoms with Gasteiger partial charge < -0.3 is 24.5 Å². The van der Waals surface area contributed by atoms with E-state index >= 15 is 0 Å². The van der Waals surface area contributed by atoms with Crippen molar-refractivity contribution in [1.29, 1.82) is 0 Å². The molecular weight excluding hydrogens is 873 g/mol. The van der Waals surface area contributed by atoms with Crippen molar-refractivity contribution in [3.8, 4) is 22.6 Å². The van der Waals surface area contributed by atoms with Gasteiger partial charge in [0, 0.05) is 57.6 Å². The van der Waals surface area contributed by atoms with Crippen molar-refractivity contribution in [1.82, 2.24) is 35.0 Å². The molecule has 9 rings (SSSR count). The summed E-state index contributed by atoms with van der Waals surface area (Å²) < 4.78 is 15.5. The van der Waals surface area contributed by atoms with E-state index in [1.165, 1.54) is 12.8 Å². The normalized spacial score (nSPS) is 18.3. The summed E-state index contributed by atoms with van der Waals surface area (Å²) in [6, 6.07) is 19.5. The van der Waals surface area contributed by atoms with Crippen LogP contribution < -0.4 is 31.3 Å². The van der Waals surface area contributed by atoms with Gasteiger partial charge in [0.2, 0.25) is 11.8 Å². The number of halogens is 2. The minimum atomic E-state index is -1.00. The van der Waals surface area contributed by atoms with E-state index in [4.69, 9.17) is 11.3 Å². The molecule has 2 aliphatic carbocycles. The van der Waals surface area contributed by atoms with Crippen molar-refractivity contribution < 1.29 is 20.1 Å². The first kappa shape index (κ1) is 50.1. The number of fused-ring (bicyclic) bond motifs is 2. The van der Waals surface area contributed by atoms with Crippen LogP contribution in [0.15, 0.2) is 85.5 Å². The van der Waals surface area contributed by atoms with Gasteiger partial charge in [0.25, 0.3) is 0 Å². The van der Waals surface area contributed by atoms with E-state index in [2.05, 4.69) is 48.6 Å². The van der Waals surface area contributed by atoms with Crippen LogP contribution >= 0.6 is 12.4 Å². The average Bonchev–Trinajstić information content (AvgIpc) is 4.19. The molecule has 0 saturated heterocycles. The fourth-order valence-corrected chi connectivity index (χ4v) is 9.53. The van der Waals surface area contributed by atoms with Gasteiger partial charge in [-0.2, -0.15) is 5.10 Å². The lowest BCUT2D eigenvalue weighted by atomic mass is 10.0. The van der Waals surface area contributed by atoms with Gasteiger partial charge in [0.15, 0.2) is 29.1 Å². The van der Waals surface area contributed by atoms with E-state index in [0.717, 1.165) is 79.1 Å². The second-order valence-corrected chi connectivity index (χ2v) is 16.9. The zero-order valence-corrected chi connectivity index (χ0v) is 40.1. The van der Waals surface area contributed by atoms with E-state index in [1.54, 1.807) is 53.8 Å². The number of hydrazine groups is 1. The lowest BCUT2D eigenvalue weighted by molar-refractivity contribution is -0.120. The number of benzene rings is 2. The van der Waals surface area contributed by atoms with Crippen LogP contribution in [-0.2, 0) is 9.59 Å². The van der Waals surface area contributed by atoms with Crippen molar-refractivity contribution in [2.24, 2.45) is 11.7 Å². The molecule has 0 bridgehead atoms. The first-order valence-corrected chi connectivity index (χ1v) is 22.6. The Morgan fingerprint density at radius 2 is 1.27 bits per heavy atom. The van der Waals surface area contributed by atoms with Crippen LogP contribution in [-0.4, -0.2) is 112 Å². The Hall–Kier alpha value is -6.30. The highest BCUT2D eigenvalue weighted by atomic mass is 35.5. The molecule has 67 heavy (non-hydrogen) atoms. The summed E-state index contributed by atoms with van der Waals surface area (Å²) >= 11 is 0. The van der Waals surface area contributed by atoms with Crippen molar-refractivity contribution in [3.63, 3.8) is 0 Å². The van der Waals surface area contributed by atoms with Crippen LogP contribution in [0.2, 0.25) is 0 Å². The molecule has 2 fully saturated rings. The summed E-state index contributed by atoms with van der Waals surface area (Å²) in [5.74, 6) is 10.7. The molecule has 5 aromatic rings. The number of allylic oxidation sites excluding steroid dienone is 1. The lowest BCUT2D eigenvalue weighted by Gasteiger charge is -2.43. The molecule has 2 amide bonds. The second-order valence-electron chi connectivity index (χ2n) is 16.9. The number of likely N-dealkylation sites (N-methyl/N-ethyl adjacent to an activating group) is 2. The smallest absolute Gasteiger partial charge is 0.249 e. The number of hydrogen-bond acceptors (Lipinski definition) is 13. The summed E-state index contributed by atoms with van der Waals surface area (Å²) in [7, 11) is 6.36. The maximum Gasteiger partial charge on any atom is 0.249 e. The predicted molar refractivity (Wildman–Crippen MR) is 267 cm³/mol. The maximum absolute atomic E-state index is 13.4. The quantitative estimate of drug-likeness (QED) is 0.0535. The number of carbonyl (C=O) groups is 3. The van der Waals surface area contributed by atoms with Crippen LogP contribution in [0.1, 0.15) is 95.6 Å². The van der Waals surface area contributed by atoms with Crippen LogP contribution in [0.3, 0.4) is 0 Å². The molecule has 4 aliphatic rings. The van der Waals surface area contributed by atoms with Gasteiger partial charge in [-0.25, -0.2) is 19.9 Å². The van der Waals surface area contributed by atoms with E-state index in [0.29, 0.717) is 40.9 Å². The van der Waals surface area contributed by atoms with E-state index in [1.807, 2.05) is 81.5 Å². The third-order valence-corrected chi connectivity index (χ3v) is 12.7. The highest BCUT2D eigenvalue weighted by Gasteiger charge is 2.43. The largest absolute Gasteiger partial charge is 0.383 e. The van der Waals surface area contributed by atoms with Crippen LogP contribution in [0.4, 0.5) is 27.4 Å². The lowest BCUT2D eigenvalue weighted by Crippen LogP contribution is -2.55. The first-order valence-electron chi connectivity index (χ1n) is 23.3. The number of ketones is 1. The highest BCUT2D eigenvalue weighted by molar-refractivity contribution is 6.28. The number of anilines is 4. The molecule has 0 radical (unpaired) electrons. The summed E-state index contributed by atoms with van der Waals surface area (Å²) in [6.07, 6.45) is 17.5. The Balaban J connectivity index is 0.000000230. The monoisotopic (exact) mass is 939 g/mol. The molecule has 2 aliphatic heterocycles. The number of amides is 2. The molecule has 0 spiro atoms. The SMILES string of the molecule is CC[C@@H]1C(=O)N(C)c2cnc(-c3cn[nH]c3-c3ccccc3)nc2N1C1CCCC1.CC[C@@H]1C(=O)N(C)c2cnc(/C(=C/N(C)C)C(=O)c3ccccc3)nc2N1C1CCCC1.Cl.NN.[2H]CF. The second kappa shape index (κ2) is 23.9. The van der Waals surface area contributed by atoms with Gasteiger partial charge in [-0.3, -0.25) is 35.6 Å². The van der Waals surface area contributed by atoms with Crippen LogP contribution in [0, 0.1) is 0 Å². The molecule has 5 N–H and O–H groups in total. The molecule has 2 saturated carbocycles. The van der Waals surface area contributed by atoms with Crippen LogP contribution in [0.25, 0.3) is 28.2 Å². The molecule has 3 aromatic heterocycles. The number of carbonyl (C=O) groups excluding carboxylic acids is 3. The fourth-order valence-electron chi connectivity index (χ4n) is 9.53. The van der Waals surface area contributed by atoms with Gasteiger partial charge in [-0.15, -0.1) is 12.4 Å². The van der Waals surface area contributed by atoms with Crippen molar-refractivity contribution in [2.75, 3.05) is 54.9 Å². The number of hydrogen-bond donors (Lipinski definition) is 3. The van der Waals surface area contributed by atoms with Crippen LogP contribution in [0.5, 0.6) is 0 Å².